The Balaban J connectivity index is 2.24. The Morgan fingerprint density at radius 1 is 1.24 bits per heavy atom. The van der Waals surface area contributed by atoms with Gasteiger partial charge in [-0.15, -0.1) is 0 Å². The van der Waals surface area contributed by atoms with Crippen LogP contribution in [0.5, 0.6) is 0 Å². The van der Waals surface area contributed by atoms with Gasteiger partial charge in [0.05, 0.1) is 6.10 Å². The minimum Gasteiger partial charge on any atom is -0.390 e. The van der Waals surface area contributed by atoms with E-state index in [1.165, 1.54) is 32.1 Å². The van der Waals surface area contributed by atoms with Gasteiger partial charge in [-0.25, -0.2) is 0 Å². The van der Waals surface area contributed by atoms with Gasteiger partial charge in [-0.2, -0.15) is 0 Å². The van der Waals surface area contributed by atoms with Gasteiger partial charge in [0.1, 0.15) is 0 Å². The summed E-state index contributed by atoms with van der Waals surface area (Å²) in [6.07, 6.45) is 7.69. The van der Waals surface area contributed by atoms with E-state index < -0.39 is 0 Å². The molecule has 1 saturated carbocycles. The van der Waals surface area contributed by atoms with Gasteiger partial charge >= 0.3 is 0 Å². The Hall–Kier alpha value is -0.120. The van der Waals surface area contributed by atoms with Gasteiger partial charge in [0.2, 0.25) is 0 Å². The van der Waals surface area contributed by atoms with Gasteiger partial charge in [0.15, 0.2) is 0 Å². The Morgan fingerprint density at radius 2 is 1.94 bits per heavy atom. The summed E-state index contributed by atoms with van der Waals surface area (Å²) in [5.74, 6) is 0. The summed E-state index contributed by atoms with van der Waals surface area (Å²) in [4.78, 5) is 2.47. The first-order valence-electron chi connectivity index (χ1n) is 7.40. The van der Waals surface area contributed by atoms with Gasteiger partial charge in [0.25, 0.3) is 0 Å². The lowest BCUT2D eigenvalue weighted by Gasteiger charge is -2.34. The third kappa shape index (κ3) is 5.84. The molecule has 0 aromatic carbocycles. The molecule has 3 heteroatoms. The lowest BCUT2D eigenvalue weighted by atomic mass is 9.94. The van der Waals surface area contributed by atoms with E-state index in [4.69, 9.17) is 0 Å². The fraction of sp³-hybridized carbons (Fsp3) is 1.00. The van der Waals surface area contributed by atoms with E-state index in [1.54, 1.807) is 0 Å². The second kappa shape index (κ2) is 8.90. The zero-order valence-electron chi connectivity index (χ0n) is 11.6. The van der Waals surface area contributed by atoms with Crippen LogP contribution >= 0.6 is 0 Å². The van der Waals surface area contributed by atoms with E-state index in [0.717, 1.165) is 38.6 Å². The molecule has 0 saturated heterocycles. The van der Waals surface area contributed by atoms with Crippen LogP contribution in [0.4, 0.5) is 0 Å². The summed E-state index contributed by atoms with van der Waals surface area (Å²) in [5, 5.41) is 13.3. The molecule has 1 rings (SSSR count). The third-order valence-electron chi connectivity index (χ3n) is 3.75. The van der Waals surface area contributed by atoms with Crippen molar-refractivity contribution in [2.24, 2.45) is 0 Å². The van der Waals surface area contributed by atoms with Crippen molar-refractivity contribution >= 4 is 0 Å². The average molecular weight is 242 g/mol. The van der Waals surface area contributed by atoms with Crippen molar-refractivity contribution in [3.63, 3.8) is 0 Å². The summed E-state index contributed by atoms with van der Waals surface area (Å²) < 4.78 is 0. The zero-order valence-corrected chi connectivity index (χ0v) is 11.6. The molecule has 1 aliphatic rings. The second-order valence-corrected chi connectivity index (χ2v) is 5.24. The molecule has 0 radical (unpaired) electrons. The largest absolute Gasteiger partial charge is 0.390 e. The first-order chi connectivity index (χ1) is 8.27. The first-order valence-corrected chi connectivity index (χ1v) is 7.40. The van der Waals surface area contributed by atoms with Crippen molar-refractivity contribution < 1.29 is 5.11 Å². The molecule has 2 N–H and O–H groups in total. The lowest BCUT2D eigenvalue weighted by Crippen LogP contribution is -2.44. The molecule has 0 spiro atoms. The highest BCUT2D eigenvalue weighted by atomic mass is 16.3. The topological polar surface area (TPSA) is 35.5 Å². The summed E-state index contributed by atoms with van der Waals surface area (Å²) >= 11 is 0. The number of rotatable bonds is 8. The van der Waals surface area contributed by atoms with Gasteiger partial charge in [0, 0.05) is 19.1 Å². The van der Waals surface area contributed by atoms with Crippen molar-refractivity contribution in [2.75, 3.05) is 26.2 Å². The number of aliphatic hydroxyl groups excluding tert-OH is 1. The summed E-state index contributed by atoms with van der Waals surface area (Å²) in [7, 11) is 0. The highest BCUT2D eigenvalue weighted by Crippen LogP contribution is 2.22. The van der Waals surface area contributed by atoms with Crippen LogP contribution < -0.4 is 5.32 Å². The Morgan fingerprint density at radius 3 is 2.53 bits per heavy atom. The Labute approximate surface area is 107 Å². The Kier molecular flexibility index (Phi) is 7.82. The molecule has 17 heavy (non-hydrogen) atoms. The maximum Gasteiger partial charge on any atom is 0.0791 e. The van der Waals surface area contributed by atoms with Crippen LogP contribution in [-0.2, 0) is 0 Å². The van der Waals surface area contributed by atoms with Crippen molar-refractivity contribution in [1.82, 2.24) is 10.2 Å². The number of likely N-dealkylation sites (N-methyl/N-ethyl adjacent to an activating group) is 1. The fourth-order valence-corrected chi connectivity index (χ4v) is 2.76. The predicted molar refractivity (Wildman–Crippen MR) is 73.3 cm³/mol. The molecule has 0 amide bonds. The van der Waals surface area contributed by atoms with Crippen molar-refractivity contribution in [3.05, 3.63) is 0 Å². The molecule has 1 fully saturated rings. The predicted octanol–water partition coefficient (Wildman–Crippen LogP) is 2.00. The van der Waals surface area contributed by atoms with Crippen molar-refractivity contribution in [2.45, 2.75) is 64.5 Å². The molecular formula is C14H30N2O. The molecule has 0 heterocycles. The lowest BCUT2D eigenvalue weighted by molar-refractivity contribution is 0.0766. The maximum absolute atomic E-state index is 10.0. The van der Waals surface area contributed by atoms with Crippen LogP contribution in [0.2, 0.25) is 0 Å². The molecule has 0 aliphatic heterocycles. The van der Waals surface area contributed by atoms with Gasteiger partial charge in [-0.05, 0) is 32.4 Å². The smallest absolute Gasteiger partial charge is 0.0791 e. The molecule has 3 nitrogen and oxygen atoms in total. The SMILES string of the molecule is CCCNCC(O)CN(CC)C1CCCCC1. The van der Waals surface area contributed by atoms with E-state index in [2.05, 4.69) is 24.1 Å². The average Bonchev–Trinajstić information content (AvgIpc) is 2.37. The normalized spacial score (nSPS) is 19.8. The molecular weight excluding hydrogens is 212 g/mol. The standard InChI is InChI=1S/C14H30N2O/c1-3-10-15-11-14(17)12-16(4-2)13-8-6-5-7-9-13/h13-15,17H,3-12H2,1-2H3. The maximum atomic E-state index is 10.0. The highest BCUT2D eigenvalue weighted by Gasteiger charge is 2.21. The molecule has 1 aliphatic carbocycles. The summed E-state index contributed by atoms with van der Waals surface area (Å²) in [6, 6.07) is 0.717. The summed E-state index contributed by atoms with van der Waals surface area (Å²) in [5.41, 5.74) is 0. The molecule has 102 valence electrons. The van der Waals surface area contributed by atoms with Crippen LogP contribution in [0, 0.1) is 0 Å². The summed E-state index contributed by atoms with van der Waals surface area (Å²) in [6.45, 7) is 8.00. The molecule has 0 aromatic heterocycles. The quantitative estimate of drug-likeness (QED) is 0.639. The second-order valence-electron chi connectivity index (χ2n) is 5.24. The van der Waals surface area contributed by atoms with E-state index in [9.17, 15) is 5.11 Å². The molecule has 1 unspecified atom stereocenters. The van der Waals surface area contributed by atoms with E-state index in [1.807, 2.05) is 0 Å². The number of nitrogens with zero attached hydrogens (tertiary/aromatic N) is 1. The van der Waals surface area contributed by atoms with E-state index in [0.29, 0.717) is 0 Å². The zero-order chi connectivity index (χ0) is 12.5. The van der Waals surface area contributed by atoms with Crippen LogP contribution in [0.15, 0.2) is 0 Å². The van der Waals surface area contributed by atoms with Crippen LogP contribution in [-0.4, -0.2) is 48.3 Å². The van der Waals surface area contributed by atoms with E-state index >= 15 is 0 Å². The minimum absolute atomic E-state index is 0.219. The Bertz CT molecular complexity index is 181. The number of aliphatic hydroxyl groups is 1. The number of nitrogens with one attached hydrogen (secondary N) is 1. The molecule has 1 atom stereocenters. The van der Waals surface area contributed by atoms with Crippen molar-refractivity contribution in [1.29, 1.82) is 0 Å². The minimum atomic E-state index is -0.219. The van der Waals surface area contributed by atoms with Crippen LogP contribution in [0.25, 0.3) is 0 Å². The van der Waals surface area contributed by atoms with Gasteiger partial charge < -0.3 is 10.4 Å². The molecule has 0 bridgehead atoms. The van der Waals surface area contributed by atoms with Gasteiger partial charge in [-0.1, -0.05) is 33.1 Å². The first kappa shape index (κ1) is 14.9. The number of hydrogen-bond acceptors (Lipinski definition) is 3. The molecule has 0 aromatic rings. The number of hydrogen-bond donors (Lipinski definition) is 2. The fourth-order valence-electron chi connectivity index (χ4n) is 2.76. The van der Waals surface area contributed by atoms with Crippen LogP contribution in [0.3, 0.4) is 0 Å². The van der Waals surface area contributed by atoms with Gasteiger partial charge in [-0.3, -0.25) is 4.90 Å². The van der Waals surface area contributed by atoms with Crippen LogP contribution in [0.1, 0.15) is 52.4 Å². The van der Waals surface area contributed by atoms with E-state index in [-0.39, 0.29) is 6.10 Å². The van der Waals surface area contributed by atoms with Crippen molar-refractivity contribution in [3.8, 4) is 0 Å². The third-order valence-corrected chi connectivity index (χ3v) is 3.75. The monoisotopic (exact) mass is 242 g/mol. The highest BCUT2D eigenvalue weighted by molar-refractivity contribution is 4.77.